The first-order valence-corrected chi connectivity index (χ1v) is 10.1. The predicted octanol–water partition coefficient (Wildman–Crippen LogP) is 8.10. The number of aryl methyl sites for hydroxylation is 2. The van der Waals surface area contributed by atoms with E-state index in [4.69, 9.17) is 0 Å². The van der Waals surface area contributed by atoms with Crippen molar-refractivity contribution >= 4 is 10.8 Å². The van der Waals surface area contributed by atoms with Crippen molar-refractivity contribution in [1.82, 2.24) is 0 Å². The molecule has 0 saturated heterocycles. The molecule has 0 heterocycles. The Kier molecular flexibility index (Phi) is 5.44. The molecule has 29 heavy (non-hydrogen) atoms. The first-order valence-electron chi connectivity index (χ1n) is 10.1. The highest BCUT2D eigenvalue weighted by molar-refractivity contribution is 5.89. The molecule has 0 fully saturated rings. The van der Waals surface area contributed by atoms with E-state index >= 15 is 4.39 Å². The van der Waals surface area contributed by atoms with E-state index in [2.05, 4.69) is 13.0 Å². The van der Waals surface area contributed by atoms with E-state index in [-0.39, 0.29) is 11.6 Å². The molecule has 0 amide bonds. The van der Waals surface area contributed by atoms with Gasteiger partial charge in [-0.1, -0.05) is 85.6 Å². The average Bonchev–Trinajstić information content (AvgIpc) is 2.73. The van der Waals surface area contributed by atoms with Crippen molar-refractivity contribution in [3.8, 4) is 22.3 Å². The molecule has 0 aliphatic heterocycles. The van der Waals surface area contributed by atoms with Gasteiger partial charge in [0, 0.05) is 16.5 Å². The Hall–Kier alpha value is -3.00. The van der Waals surface area contributed by atoms with E-state index in [0.29, 0.717) is 22.1 Å². The van der Waals surface area contributed by atoms with Crippen LogP contribution >= 0.6 is 0 Å². The van der Waals surface area contributed by atoms with Crippen LogP contribution in [0.2, 0.25) is 0 Å². The molecule has 4 aromatic carbocycles. The van der Waals surface area contributed by atoms with Crippen LogP contribution in [0.3, 0.4) is 0 Å². The quantitative estimate of drug-likeness (QED) is 0.325. The molecule has 0 aromatic heterocycles. The number of halogens is 2. The second kappa shape index (κ2) is 8.16. The molecular formula is C27H24F2. The summed E-state index contributed by atoms with van der Waals surface area (Å²) in [6, 6.07) is 22.2. The minimum Gasteiger partial charge on any atom is -0.206 e. The summed E-state index contributed by atoms with van der Waals surface area (Å²) in [4.78, 5) is 0. The van der Waals surface area contributed by atoms with Crippen LogP contribution in [-0.4, -0.2) is 0 Å². The zero-order valence-corrected chi connectivity index (χ0v) is 16.8. The van der Waals surface area contributed by atoms with Gasteiger partial charge in [-0.05, 0) is 47.9 Å². The Labute approximate surface area is 170 Å². The second-order valence-corrected chi connectivity index (χ2v) is 7.65. The lowest BCUT2D eigenvalue weighted by atomic mass is 9.96. The molecule has 0 atom stereocenters. The molecule has 0 bridgehead atoms. The van der Waals surface area contributed by atoms with Gasteiger partial charge in [-0.3, -0.25) is 0 Å². The van der Waals surface area contributed by atoms with Crippen molar-refractivity contribution in [2.24, 2.45) is 0 Å². The van der Waals surface area contributed by atoms with Gasteiger partial charge in [-0.2, -0.15) is 0 Å². The van der Waals surface area contributed by atoms with Gasteiger partial charge >= 0.3 is 0 Å². The largest absolute Gasteiger partial charge is 0.206 e. The Balaban J connectivity index is 1.71. The second-order valence-electron chi connectivity index (χ2n) is 7.65. The maximum absolute atomic E-state index is 15.2. The van der Waals surface area contributed by atoms with Crippen molar-refractivity contribution < 1.29 is 8.78 Å². The van der Waals surface area contributed by atoms with Gasteiger partial charge in [-0.25, -0.2) is 8.78 Å². The molecule has 0 aliphatic carbocycles. The molecule has 0 radical (unpaired) electrons. The molecule has 4 aromatic rings. The maximum atomic E-state index is 15.2. The van der Waals surface area contributed by atoms with Crippen LogP contribution in [0.25, 0.3) is 33.0 Å². The molecule has 146 valence electrons. The van der Waals surface area contributed by atoms with Crippen LogP contribution in [0, 0.1) is 18.6 Å². The zero-order chi connectivity index (χ0) is 20.4. The van der Waals surface area contributed by atoms with Crippen LogP contribution in [0.1, 0.15) is 30.9 Å². The van der Waals surface area contributed by atoms with Crippen LogP contribution < -0.4 is 0 Å². The fourth-order valence-electron chi connectivity index (χ4n) is 3.75. The normalized spacial score (nSPS) is 11.2. The number of hydrogen-bond donors (Lipinski definition) is 0. The maximum Gasteiger partial charge on any atom is 0.138 e. The van der Waals surface area contributed by atoms with E-state index in [1.165, 1.54) is 11.6 Å². The Morgan fingerprint density at radius 2 is 1.45 bits per heavy atom. The summed E-state index contributed by atoms with van der Waals surface area (Å²) in [6.07, 6.45) is 3.26. The highest BCUT2D eigenvalue weighted by atomic mass is 19.1. The van der Waals surface area contributed by atoms with Gasteiger partial charge in [-0.15, -0.1) is 0 Å². The standard InChI is InChI=1S/C27H24F2/c1-3-4-5-19-8-13-24-21(16-19)12-15-25(27(24)29)22-11-14-23(26(28)17-22)20-9-6-18(2)7-10-20/h6-17H,3-5H2,1-2H3. The van der Waals surface area contributed by atoms with Crippen molar-refractivity contribution in [1.29, 1.82) is 0 Å². The summed E-state index contributed by atoms with van der Waals surface area (Å²) in [5, 5.41) is 1.46. The summed E-state index contributed by atoms with van der Waals surface area (Å²) in [6.45, 7) is 4.16. The lowest BCUT2D eigenvalue weighted by Gasteiger charge is -2.11. The van der Waals surface area contributed by atoms with Gasteiger partial charge in [0.15, 0.2) is 0 Å². The summed E-state index contributed by atoms with van der Waals surface area (Å²) < 4.78 is 30.0. The van der Waals surface area contributed by atoms with Crippen molar-refractivity contribution in [2.45, 2.75) is 33.1 Å². The minimum absolute atomic E-state index is 0.299. The molecule has 0 aliphatic rings. The lowest BCUT2D eigenvalue weighted by molar-refractivity contribution is 0.630. The van der Waals surface area contributed by atoms with Crippen LogP contribution in [0.4, 0.5) is 8.78 Å². The van der Waals surface area contributed by atoms with Gasteiger partial charge in [0.25, 0.3) is 0 Å². The van der Waals surface area contributed by atoms with Crippen molar-refractivity contribution in [2.75, 3.05) is 0 Å². The summed E-state index contributed by atoms with van der Waals surface area (Å²) in [7, 11) is 0. The van der Waals surface area contributed by atoms with Gasteiger partial charge in [0.1, 0.15) is 11.6 Å². The van der Waals surface area contributed by atoms with Crippen molar-refractivity contribution in [3.63, 3.8) is 0 Å². The monoisotopic (exact) mass is 386 g/mol. The van der Waals surface area contributed by atoms with Crippen LogP contribution in [0.5, 0.6) is 0 Å². The molecule has 2 heteroatoms. The zero-order valence-electron chi connectivity index (χ0n) is 16.8. The fraction of sp³-hybridized carbons (Fsp3) is 0.185. The van der Waals surface area contributed by atoms with E-state index < -0.39 is 0 Å². The molecule has 4 rings (SSSR count). The SMILES string of the molecule is CCCCc1ccc2c(F)c(-c3ccc(-c4ccc(C)cc4)c(F)c3)ccc2c1. The third kappa shape index (κ3) is 3.93. The summed E-state index contributed by atoms with van der Waals surface area (Å²) in [5.74, 6) is -0.646. The molecule has 0 nitrogen and oxygen atoms in total. The van der Waals surface area contributed by atoms with Gasteiger partial charge in [0.05, 0.1) is 0 Å². The predicted molar refractivity (Wildman–Crippen MR) is 118 cm³/mol. The third-order valence-corrected chi connectivity index (χ3v) is 5.48. The van der Waals surface area contributed by atoms with E-state index in [1.54, 1.807) is 18.2 Å². The smallest absolute Gasteiger partial charge is 0.138 e. The first kappa shape index (κ1) is 19.3. The number of hydrogen-bond acceptors (Lipinski definition) is 0. The Bertz CT molecular complexity index is 1160. The molecule has 0 saturated carbocycles. The first-order chi connectivity index (χ1) is 14.1. The molecule has 0 spiro atoms. The average molecular weight is 386 g/mol. The number of benzene rings is 4. The Morgan fingerprint density at radius 3 is 2.17 bits per heavy atom. The van der Waals surface area contributed by atoms with Crippen molar-refractivity contribution in [3.05, 3.63) is 95.6 Å². The minimum atomic E-state index is -0.347. The molecule has 0 unspecified atom stereocenters. The summed E-state index contributed by atoms with van der Waals surface area (Å²) in [5.41, 5.74) is 4.66. The number of unbranched alkanes of at least 4 members (excludes halogenated alkanes) is 1. The topological polar surface area (TPSA) is 0 Å². The number of fused-ring (bicyclic) bond motifs is 1. The van der Waals surface area contributed by atoms with E-state index in [0.717, 1.165) is 35.8 Å². The highest BCUT2D eigenvalue weighted by Crippen LogP contribution is 2.33. The third-order valence-electron chi connectivity index (χ3n) is 5.48. The fourth-order valence-corrected chi connectivity index (χ4v) is 3.75. The van der Waals surface area contributed by atoms with Crippen LogP contribution in [0.15, 0.2) is 72.8 Å². The van der Waals surface area contributed by atoms with Gasteiger partial charge in [0.2, 0.25) is 0 Å². The highest BCUT2D eigenvalue weighted by Gasteiger charge is 2.13. The van der Waals surface area contributed by atoms with E-state index in [1.807, 2.05) is 49.4 Å². The van der Waals surface area contributed by atoms with Gasteiger partial charge < -0.3 is 0 Å². The van der Waals surface area contributed by atoms with Crippen LogP contribution in [-0.2, 0) is 6.42 Å². The Morgan fingerprint density at radius 1 is 0.724 bits per heavy atom. The molecule has 0 N–H and O–H groups in total. The molecular weight excluding hydrogens is 362 g/mol. The summed E-state index contributed by atoms with van der Waals surface area (Å²) >= 11 is 0. The number of rotatable bonds is 5. The van der Waals surface area contributed by atoms with E-state index in [9.17, 15) is 4.39 Å². The lowest BCUT2D eigenvalue weighted by Crippen LogP contribution is -1.92.